The van der Waals surface area contributed by atoms with Gasteiger partial charge >= 0.3 is 0 Å². The largest absolute Gasteiger partial charge is 0.329 e. The van der Waals surface area contributed by atoms with Crippen molar-refractivity contribution in [3.8, 4) is 0 Å². The molecule has 0 unspecified atom stereocenters. The van der Waals surface area contributed by atoms with Gasteiger partial charge in [-0.3, -0.25) is 0 Å². The molecule has 0 radical (unpaired) electrons. The summed E-state index contributed by atoms with van der Waals surface area (Å²) in [6.45, 7) is 0. The number of benzene rings is 1. The fourth-order valence-corrected chi connectivity index (χ4v) is 1.65. The van der Waals surface area contributed by atoms with Gasteiger partial charge < -0.3 is 4.90 Å². The number of pyridine rings is 1. The highest BCUT2D eigenvalue weighted by molar-refractivity contribution is 6.17. The van der Waals surface area contributed by atoms with E-state index in [4.69, 9.17) is 11.6 Å². The van der Waals surface area contributed by atoms with E-state index in [0.29, 0.717) is 5.88 Å². The monoisotopic (exact) mass is 250 g/mol. The highest BCUT2D eigenvalue weighted by atomic mass is 35.5. The second-order valence-electron chi connectivity index (χ2n) is 3.69. The molecule has 0 aliphatic heterocycles. The normalized spacial score (nSPS) is 10.3. The molecular weight excluding hydrogens is 239 g/mol. The van der Waals surface area contributed by atoms with E-state index in [1.54, 1.807) is 18.3 Å². The second-order valence-corrected chi connectivity index (χ2v) is 3.96. The first-order valence-corrected chi connectivity index (χ1v) is 5.74. The molecule has 88 valence electrons. The third kappa shape index (κ3) is 2.74. The molecule has 4 heteroatoms. The Hall–Kier alpha value is -1.61. The lowest BCUT2D eigenvalue weighted by Crippen LogP contribution is -2.10. The zero-order valence-electron chi connectivity index (χ0n) is 9.40. The van der Waals surface area contributed by atoms with Gasteiger partial charge in [-0.2, -0.15) is 0 Å². The van der Waals surface area contributed by atoms with Gasteiger partial charge in [0, 0.05) is 24.8 Å². The number of anilines is 2. The molecule has 2 aromatic rings. The van der Waals surface area contributed by atoms with Crippen LogP contribution in [0, 0.1) is 5.82 Å². The zero-order valence-corrected chi connectivity index (χ0v) is 10.2. The number of alkyl halides is 1. The molecule has 0 spiro atoms. The Morgan fingerprint density at radius 2 is 1.88 bits per heavy atom. The van der Waals surface area contributed by atoms with Gasteiger partial charge in [-0.25, -0.2) is 9.37 Å². The lowest BCUT2D eigenvalue weighted by atomic mass is 10.2. The van der Waals surface area contributed by atoms with E-state index in [1.165, 1.54) is 12.1 Å². The van der Waals surface area contributed by atoms with E-state index >= 15 is 0 Å². The summed E-state index contributed by atoms with van der Waals surface area (Å²) in [5.74, 6) is 1.01. The van der Waals surface area contributed by atoms with Crippen molar-refractivity contribution in [1.29, 1.82) is 0 Å². The van der Waals surface area contributed by atoms with Crippen molar-refractivity contribution >= 4 is 23.1 Å². The number of rotatable bonds is 3. The smallest absolute Gasteiger partial charge is 0.132 e. The van der Waals surface area contributed by atoms with Crippen molar-refractivity contribution < 1.29 is 4.39 Å². The molecule has 1 heterocycles. The minimum Gasteiger partial charge on any atom is -0.329 e. The fraction of sp³-hybridized carbons (Fsp3) is 0.154. The van der Waals surface area contributed by atoms with Crippen LogP contribution in [0.4, 0.5) is 15.9 Å². The topological polar surface area (TPSA) is 16.1 Å². The van der Waals surface area contributed by atoms with Crippen LogP contribution in [-0.4, -0.2) is 12.0 Å². The minimum atomic E-state index is -0.243. The van der Waals surface area contributed by atoms with Gasteiger partial charge in [0.2, 0.25) is 0 Å². The lowest BCUT2D eigenvalue weighted by molar-refractivity contribution is 0.628. The molecule has 17 heavy (non-hydrogen) atoms. The standard InChI is InChI=1S/C13H12ClFN2/c1-17(12-5-3-11(15)4-6-12)13-7-2-10(8-14)9-16-13/h2-7,9H,8H2,1H3. The molecule has 0 N–H and O–H groups in total. The Labute approximate surface area is 105 Å². The van der Waals surface area contributed by atoms with Gasteiger partial charge in [0.1, 0.15) is 11.6 Å². The fourth-order valence-electron chi connectivity index (χ4n) is 1.49. The van der Waals surface area contributed by atoms with Gasteiger partial charge in [0.15, 0.2) is 0 Å². The van der Waals surface area contributed by atoms with E-state index in [-0.39, 0.29) is 5.82 Å². The highest BCUT2D eigenvalue weighted by Gasteiger charge is 2.05. The van der Waals surface area contributed by atoms with Crippen LogP contribution in [0.1, 0.15) is 5.56 Å². The molecule has 0 fully saturated rings. The molecule has 0 saturated carbocycles. The lowest BCUT2D eigenvalue weighted by Gasteiger charge is -2.18. The summed E-state index contributed by atoms with van der Waals surface area (Å²) < 4.78 is 12.8. The first-order chi connectivity index (χ1) is 8.20. The second kappa shape index (κ2) is 5.15. The van der Waals surface area contributed by atoms with Crippen LogP contribution in [0.5, 0.6) is 0 Å². The van der Waals surface area contributed by atoms with E-state index in [1.807, 2.05) is 24.1 Å². The van der Waals surface area contributed by atoms with Crippen LogP contribution in [0.3, 0.4) is 0 Å². The molecule has 0 amide bonds. The van der Waals surface area contributed by atoms with Gasteiger partial charge in [0.05, 0.1) is 0 Å². The third-order valence-electron chi connectivity index (χ3n) is 2.52. The van der Waals surface area contributed by atoms with Crippen LogP contribution < -0.4 is 4.90 Å². The van der Waals surface area contributed by atoms with Crippen molar-refractivity contribution in [2.24, 2.45) is 0 Å². The summed E-state index contributed by atoms with van der Waals surface area (Å²) in [6.07, 6.45) is 1.74. The highest BCUT2D eigenvalue weighted by Crippen LogP contribution is 2.21. The Morgan fingerprint density at radius 3 is 2.41 bits per heavy atom. The number of aromatic nitrogens is 1. The third-order valence-corrected chi connectivity index (χ3v) is 2.83. The molecule has 0 atom stereocenters. The molecule has 0 saturated heterocycles. The molecular formula is C13H12ClFN2. The minimum absolute atomic E-state index is 0.243. The first-order valence-electron chi connectivity index (χ1n) is 5.21. The molecule has 2 rings (SSSR count). The molecule has 1 aromatic heterocycles. The summed E-state index contributed by atoms with van der Waals surface area (Å²) in [7, 11) is 1.88. The predicted octanol–water partition coefficient (Wildman–Crippen LogP) is 3.73. The van der Waals surface area contributed by atoms with Crippen molar-refractivity contribution in [3.63, 3.8) is 0 Å². The molecule has 0 aliphatic carbocycles. The number of hydrogen-bond acceptors (Lipinski definition) is 2. The van der Waals surface area contributed by atoms with Crippen molar-refractivity contribution in [2.75, 3.05) is 11.9 Å². The quantitative estimate of drug-likeness (QED) is 0.772. The van der Waals surface area contributed by atoms with E-state index in [2.05, 4.69) is 4.98 Å². The maximum atomic E-state index is 12.8. The summed E-state index contributed by atoms with van der Waals surface area (Å²) in [4.78, 5) is 6.18. The van der Waals surface area contributed by atoms with Crippen LogP contribution in [0.25, 0.3) is 0 Å². The molecule has 0 aliphatic rings. The van der Waals surface area contributed by atoms with E-state index in [0.717, 1.165) is 17.1 Å². The van der Waals surface area contributed by atoms with Crippen LogP contribution >= 0.6 is 11.6 Å². The zero-order chi connectivity index (χ0) is 12.3. The molecule has 1 aromatic carbocycles. The maximum Gasteiger partial charge on any atom is 0.132 e. The Kier molecular flexibility index (Phi) is 3.59. The van der Waals surface area contributed by atoms with E-state index < -0.39 is 0 Å². The van der Waals surface area contributed by atoms with Crippen molar-refractivity contribution in [2.45, 2.75) is 5.88 Å². The SMILES string of the molecule is CN(c1ccc(F)cc1)c1ccc(CCl)cn1. The number of hydrogen-bond donors (Lipinski definition) is 0. The average molecular weight is 251 g/mol. The summed E-state index contributed by atoms with van der Waals surface area (Å²) >= 11 is 5.70. The van der Waals surface area contributed by atoms with Crippen LogP contribution in [0.15, 0.2) is 42.6 Å². The van der Waals surface area contributed by atoms with Gasteiger partial charge in [0.25, 0.3) is 0 Å². The average Bonchev–Trinajstić information content (AvgIpc) is 2.39. The van der Waals surface area contributed by atoms with Gasteiger partial charge in [-0.1, -0.05) is 6.07 Å². The van der Waals surface area contributed by atoms with Crippen LogP contribution in [0.2, 0.25) is 0 Å². The number of halogens is 2. The summed E-state index contributed by atoms with van der Waals surface area (Å²) in [5.41, 5.74) is 1.86. The predicted molar refractivity (Wildman–Crippen MR) is 68.3 cm³/mol. The Bertz CT molecular complexity index is 482. The molecule has 0 bridgehead atoms. The Morgan fingerprint density at radius 1 is 1.18 bits per heavy atom. The summed E-state index contributed by atoms with van der Waals surface area (Å²) in [5, 5.41) is 0. The Balaban J connectivity index is 2.23. The van der Waals surface area contributed by atoms with Gasteiger partial charge in [-0.05, 0) is 35.9 Å². The first kappa shape index (κ1) is 11.9. The summed E-state index contributed by atoms with van der Waals surface area (Å²) in [6, 6.07) is 10.1. The van der Waals surface area contributed by atoms with Crippen molar-refractivity contribution in [3.05, 3.63) is 54.0 Å². The van der Waals surface area contributed by atoms with Crippen LogP contribution in [-0.2, 0) is 5.88 Å². The van der Waals surface area contributed by atoms with Gasteiger partial charge in [-0.15, -0.1) is 11.6 Å². The maximum absolute atomic E-state index is 12.8. The van der Waals surface area contributed by atoms with Crippen molar-refractivity contribution in [1.82, 2.24) is 4.98 Å². The molecule has 2 nitrogen and oxygen atoms in total. The number of nitrogens with zero attached hydrogens (tertiary/aromatic N) is 2. The van der Waals surface area contributed by atoms with E-state index in [9.17, 15) is 4.39 Å².